The number of para-hydroxylation sites is 1. The first-order chi connectivity index (χ1) is 10.3. The fourth-order valence-electron chi connectivity index (χ4n) is 2.90. The quantitative estimate of drug-likeness (QED) is 0.683. The average Bonchev–Trinajstić information content (AvgIpc) is 2.55. The van der Waals surface area contributed by atoms with Crippen molar-refractivity contribution in [2.45, 2.75) is 12.8 Å². The molecule has 0 saturated heterocycles. The van der Waals surface area contributed by atoms with Crippen LogP contribution in [0.25, 0.3) is 16.9 Å². The zero-order chi connectivity index (χ0) is 14.2. The van der Waals surface area contributed by atoms with Gasteiger partial charge in [-0.3, -0.25) is 4.79 Å². The van der Waals surface area contributed by atoms with Crippen molar-refractivity contribution in [2.75, 3.05) is 0 Å². The summed E-state index contributed by atoms with van der Waals surface area (Å²) >= 11 is 0. The largest absolute Gasteiger partial charge is 0.271 e. The van der Waals surface area contributed by atoms with Gasteiger partial charge in [-0.2, -0.15) is 9.78 Å². The summed E-state index contributed by atoms with van der Waals surface area (Å²) in [5, 5.41) is 4.63. The fourth-order valence-corrected chi connectivity index (χ4v) is 2.90. The summed E-state index contributed by atoms with van der Waals surface area (Å²) in [6.45, 7) is 0. The van der Waals surface area contributed by atoms with E-state index in [1.165, 1.54) is 10.2 Å². The van der Waals surface area contributed by atoms with E-state index in [1.54, 1.807) is 6.07 Å². The molecule has 1 aromatic heterocycles. The number of aryl methyl sites for hydroxylation is 2. The van der Waals surface area contributed by atoms with Crippen molar-refractivity contribution in [1.29, 1.82) is 0 Å². The molecule has 0 atom stereocenters. The van der Waals surface area contributed by atoms with E-state index < -0.39 is 0 Å². The first-order valence-electron chi connectivity index (χ1n) is 7.10. The van der Waals surface area contributed by atoms with E-state index in [0.717, 1.165) is 35.3 Å². The van der Waals surface area contributed by atoms with Crippen LogP contribution >= 0.6 is 0 Å². The van der Waals surface area contributed by atoms with E-state index in [9.17, 15) is 4.79 Å². The Kier molecular flexibility index (Phi) is 2.71. The zero-order valence-electron chi connectivity index (χ0n) is 11.5. The Hall–Kier alpha value is -2.68. The van der Waals surface area contributed by atoms with Crippen molar-refractivity contribution >= 4 is 0 Å². The number of aromatic nitrogens is 2. The van der Waals surface area contributed by atoms with Crippen LogP contribution < -0.4 is 5.56 Å². The van der Waals surface area contributed by atoms with Crippen molar-refractivity contribution in [3.05, 3.63) is 82.1 Å². The topological polar surface area (TPSA) is 34.9 Å². The number of nitrogens with zero attached hydrogens (tertiary/aromatic N) is 2. The molecule has 0 spiro atoms. The van der Waals surface area contributed by atoms with E-state index >= 15 is 0 Å². The Labute approximate surface area is 122 Å². The Bertz CT molecular complexity index is 866. The summed E-state index contributed by atoms with van der Waals surface area (Å²) in [5.74, 6) is 0. The molecule has 0 amide bonds. The second-order valence-electron chi connectivity index (χ2n) is 5.26. The summed E-state index contributed by atoms with van der Waals surface area (Å²) in [6, 6.07) is 19.6. The standard InChI is InChI=1S/C18H14N2O/c21-17-12-14-11-10-13-6-4-5-9-16(13)18(14)19-20(17)15-7-2-1-3-8-15/h1-9,12H,10-11H2. The molecule has 0 saturated carbocycles. The molecule has 1 aliphatic carbocycles. The highest BCUT2D eigenvalue weighted by Crippen LogP contribution is 2.30. The lowest BCUT2D eigenvalue weighted by molar-refractivity contribution is 0.783. The van der Waals surface area contributed by atoms with Crippen LogP contribution in [0, 0.1) is 0 Å². The average molecular weight is 274 g/mol. The summed E-state index contributed by atoms with van der Waals surface area (Å²) in [4.78, 5) is 12.3. The second-order valence-corrected chi connectivity index (χ2v) is 5.26. The predicted octanol–water partition coefficient (Wildman–Crippen LogP) is 3.00. The minimum absolute atomic E-state index is 0.0701. The van der Waals surface area contributed by atoms with Crippen LogP contribution in [0.15, 0.2) is 65.5 Å². The van der Waals surface area contributed by atoms with E-state index in [-0.39, 0.29) is 5.56 Å². The van der Waals surface area contributed by atoms with E-state index in [0.29, 0.717) is 0 Å². The molecule has 102 valence electrons. The molecule has 1 heterocycles. The highest BCUT2D eigenvalue weighted by Gasteiger charge is 2.19. The molecule has 0 N–H and O–H groups in total. The van der Waals surface area contributed by atoms with Gasteiger partial charge in [0.05, 0.1) is 11.4 Å². The predicted molar refractivity (Wildman–Crippen MR) is 82.7 cm³/mol. The molecule has 1 aliphatic rings. The van der Waals surface area contributed by atoms with E-state index in [4.69, 9.17) is 0 Å². The molecule has 0 bridgehead atoms. The van der Waals surface area contributed by atoms with Gasteiger partial charge >= 0.3 is 0 Å². The molecule has 2 aromatic carbocycles. The molecule has 3 aromatic rings. The molecule has 21 heavy (non-hydrogen) atoms. The van der Waals surface area contributed by atoms with Gasteiger partial charge < -0.3 is 0 Å². The van der Waals surface area contributed by atoms with Gasteiger partial charge in [0, 0.05) is 11.6 Å². The monoisotopic (exact) mass is 274 g/mol. The molecule has 0 radical (unpaired) electrons. The lowest BCUT2D eigenvalue weighted by Crippen LogP contribution is -2.23. The minimum Gasteiger partial charge on any atom is -0.267 e. The van der Waals surface area contributed by atoms with Crippen molar-refractivity contribution in [1.82, 2.24) is 9.78 Å². The Balaban J connectivity index is 1.97. The highest BCUT2D eigenvalue weighted by atomic mass is 16.1. The van der Waals surface area contributed by atoms with Crippen LogP contribution in [0.5, 0.6) is 0 Å². The van der Waals surface area contributed by atoms with Crippen LogP contribution in [0.4, 0.5) is 0 Å². The maximum atomic E-state index is 12.3. The fraction of sp³-hybridized carbons (Fsp3) is 0.111. The number of fused-ring (bicyclic) bond motifs is 3. The van der Waals surface area contributed by atoms with Crippen LogP contribution in [-0.4, -0.2) is 9.78 Å². The van der Waals surface area contributed by atoms with E-state index in [1.807, 2.05) is 36.4 Å². The van der Waals surface area contributed by atoms with Gasteiger partial charge in [-0.1, -0.05) is 42.5 Å². The van der Waals surface area contributed by atoms with Gasteiger partial charge in [-0.15, -0.1) is 0 Å². The van der Waals surface area contributed by atoms with Crippen molar-refractivity contribution in [3.63, 3.8) is 0 Å². The SMILES string of the molecule is O=c1cc2c(nn1-c1ccccc1)-c1ccccc1CC2. The van der Waals surface area contributed by atoms with Gasteiger partial charge in [-0.25, -0.2) is 0 Å². The second kappa shape index (κ2) is 4.70. The van der Waals surface area contributed by atoms with Crippen molar-refractivity contribution < 1.29 is 0 Å². The number of hydrogen-bond donors (Lipinski definition) is 0. The third kappa shape index (κ3) is 1.98. The summed E-state index contributed by atoms with van der Waals surface area (Å²) in [7, 11) is 0. The molecule has 3 nitrogen and oxygen atoms in total. The van der Waals surface area contributed by atoms with Gasteiger partial charge in [0.1, 0.15) is 0 Å². The van der Waals surface area contributed by atoms with Crippen molar-refractivity contribution in [3.8, 4) is 16.9 Å². The maximum absolute atomic E-state index is 12.3. The van der Waals surface area contributed by atoms with Crippen molar-refractivity contribution in [2.24, 2.45) is 0 Å². The zero-order valence-corrected chi connectivity index (χ0v) is 11.5. The minimum atomic E-state index is -0.0701. The molecule has 4 rings (SSSR count). The first kappa shape index (κ1) is 12.1. The lowest BCUT2D eigenvalue weighted by atomic mass is 9.89. The molecule has 0 unspecified atom stereocenters. The van der Waals surface area contributed by atoms with Crippen LogP contribution in [0.3, 0.4) is 0 Å². The summed E-state index contributed by atoms with van der Waals surface area (Å²) < 4.78 is 1.49. The number of hydrogen-bond acceptors (Lipinski definition) is 2. The number of rotatable bonds is 1. The Morgan fingerprint density at radius 1 is 0.857 bits per heavy atom. The molecular formula is C18H14N2O. The highest BCUT2D eigenvalue weighted by molar-refractivity contribution is 5.69. The van der Waals surface area contributed by atoms with Gasteiger partial charge in [0.2, 0.25) is 0 Å². The summed E-state index contributed by atoms with van der Waals surface area (Å²) in [5.41, 5.74) is 5.15. The molecular weight excluding hydrogens is 260 g/mol. The number of benzene rings is 2. The molecule has 0 aliphatic heterocycles. The lowest BCUT2D eigenvalue weighted by Gasteiger charge is -2.19. The summed E-state index contributed by atoms with van der Waals surface area (Å²) in [6.07, 6.45) is 1.85. The van der Waals surface area contributed by atoms with Gasteiger partial charge in [0.15, 0.2) is 0 Å². The third-order valence-corrected chi connectivity index (χ3v) is 3.95. The Morgan fingerprint density at radius 2 is 1.57 bits per heavy atom. The first-order valence-corrected chi connectivity index (χ1v) is 7.10. The molecule has 0 fully saturated rings. The van der Waals surface area contributed by atoms with Crippen LogP contribution in [0.2, 0.25) is 0 Å². The van der Waals surface area contributed by atoms with E-state index in [2.05, 4.69) is 23.3 Å². The Morgan fingerprint density at radius 3 is 2.43 bits per heavy atom. The van der Waals surface area contributed by atoms with Crippen LogP contribution in [-0.2, 0) is 12.8 Å². The third-order valence-electron chi connectivity index (χ3n) is 3.95. The smallest absolute Gasteiger partial charge is 0.267 e. The van der Waals surface area contributed by atoms with Crippen LogP contribution in [0.1, 0.15) is 11.1 Å². The molecule has 3 heteroatoms. The normalized spacial score (nSPS) is 12.6. The maximum Gasteiger partial charge on any atom is 0.271 e. The van der Waals surface area contributed by atoms with Gasteiger partial charge in [-0.05, 0) is 36.1 Å². The van der Waals surface area contributed by atoms with Gasteiger partial charge in [0.25, 0.3) is 5.56 Å².